The molecule has 0 radical (unpaired) electrons. The van der Waals surface area contributed by atoms with Crippen LogP contribution in [0.1, 0.15) is 5.56 Å². The SMILES string of the molecule is O=S1(=O)N=CN(Cc2ccccc2Br)c2ccccc21. The quantitative estimate of drug-likeness (QED) is 0.835. The van der Waals surface area contributed by atoms with Crippen LogP contribution in [0.2, 0.25) is 0 Å². The van der Waals surface area contributed by atoms with Gasteiger partial charge in [-0.3, -0.25) is 0 Å². The number of sulfonamides is 1. The first-order chi connectivity index (χ1) is 9.58. The molecule has 0 unspecified atom stereocenters. The van der Waals surface area contributed by atoms with Gasteiger partial charge in [0.2, 0.25) is 0 Å². The van der Waals surface area contributed by atoms with Crippen molar-refractivity contribution in [2.24, 2.45) is 4.40 Å². The summed E-state index contributed by atoms with van der Waals surface area (Å²) in [5.74, 6) is 0. The van der Waals surface area contributed by atoms with Gasteiger partial charge in [-0.1, -0.05) is 46.3 Å². The maximum atomic E-state index is 11.9. The molecule has 0 fully saturated rings. The molecule has 6 heteroatoms. The normalized spacial score (nSPS) is 15.9. The molecule has 0 aliphatic carbocycles. The molecular weight excluding hydrogens is 340 g/mol. The van der Waals surface area contributed by atoms with Crippen LogP contribution in [0.25, 0.3) is 0 Å². The average Bonchev–Trinajstić information content (AvgIpc) is 2.44. The van der Waals surface area contributed by atoms with Crippen LogP contribution >= 0.6 is 15.9 Å². The maximum absolute atomic E-state index is 11.9. The first-order valence-electron chi connectivity index (χ1n) is 5.97. The zero-order valence-corrected chi connectivity index (χ0v) is 12.8. The molecule has 1 aliphatic rings. The Morgan fingerprint density at radius 3 is 2.55 bits per heavy atom. The van der Waals surface area contributed by atoms with Gasteiger partial charge in [0.15, 0.2) is 0 Å². The average molecular weight is 351 g/mol. The molecular formula is C14H11BrN2O2S. The number of halogens is 1. The van der Waals surface area contributed by atoms with E-state index in [-0.39, 0.29) is 4.90 Å². The van der Waals surface area contributed by atoms with Crippen LogP contribution in [0.15, 0.2) is 62.3 Å². The monoisotopic (exact) mass is 350 g/mol. The van der Waals surface area contributed by atoms with E-state index < -0.39 is 10.0 Å². The lowest BCUT2D eigenvalue weighted by molar-refractivity contribution is 0.597. The smallest absolute Gasteiger partial charge is 0.285 e. The van der Waals surface area contributed by atoms with Crippen LogP contribution in [0, 0.1) is 0 Å². The van der Waals surface area contributed by atoms with Crippen molar-refractivity contribution in [2.75, 3.05) is 4.90 Å². The van der Waals surface area contributed by atoms with Crippen molar-refractivity contribution in [2.45, 2.75) is 11.4 Å². The molecule has 0 saturated heterocycles. The van der Waals surface area contributed by atoms with Crippen LogP contribution in [-0.2, 0) is 16.6 Å². The Balaban J connectivity index is 2.03. The van der Waals surface area contributed by atoms with E-state index in [0.717, 1.165) is 10.0 Å². The number of nitrogens with zero attached hydrogens (tertiary/aromatic N) is 2. The molecule has 2 aromatic rings. The summed E-state index contributed by atoms with van der Waals surface area (Å²) in [4.78, 5) is 2.07. The van der Waals surface area contributed by atoms with Crippen molar-refractivity contribution in [3.63, 3.8) is 0 Å². The van der Waals surface area contributed by atoms with Gasteiger partial charge < -0.3 is 4.90 Å². The molecule has 1 aliphatic heterocycles. The Kier molecular flexibility index (Phi) is 3.35. The van der Waals surface area contributed by atoms with Crippen LogP contribution in [0.5, 0.6) is 0 Å². The number of hydrogen-bond acceptors (Lipinski definition) is 3. The summed E-state index contributed by atoms with van der Waals surface area (Å²) in [5.41, 5.74) is 1.71. The second-order valence-corrected chi connectivity index (χ2v) is 6.84. The van der Waals surface area contributed by atoms with Gasteiger partial charge in [-0.15, -0.1) is 4.40 Å². The van der Waals surface area contributed by atoms with E-state index in [0.29, 0.717) is 12.2 Å². The van der Waals surface area contributed by atoms with Crippen LogP contribution in [0.3, 0.4) is 0 Å². The Bertz CT molecular complexity index is 787. The zero-order chi connectivity index (χ0) is 14.2. The molecule has 0 saturated carbocycles. The second kappa shape index (κ2) is 5.03. The van der Waals surface area contributed by atoms with Crippen molar-refractivity contribution in [1.29, 1.82) is 0 Å². The lowest BCUT2D eigenvalue weighted by Crippen LogP contribution is -2.26. The Labute approximate surface area is 125 Å². The number of hydrogen-bond donors (Lipinski definition) is 0. The Morgan fingerprint density at radius 2 is 1.75 bits per heavy atom. The molecule has 0 amide bonds. The lowest BCUT2D eigenvalue weighted by Gasteiger charge is -2.25. The molecule has 1 heterocycles. The highest BCUT2D eigenvalue weighted by atomic mass is 79.9. The predicted molar refractivity (Wildman–Crippen MR) is 82.4 cm³/mol. The Morgan fingerprint density at radius 1 is 1.05 bits per heavy atom. The molecule has 4 nitrogen and oxygen atoms in total. The van der Waals surface area contributed by atoms with Gasteiger partial charge in [-0.25, -0.2) is 0 Å². The zero-order valence-electron chi connectivity index (χ0n) is 10.4. The van der Waals surface area contributed by atoms with Crippen molar-refractivity contribution >= 4 is 38.0 Å². The largest absolute Gasteiger partial charge is 0.326 e. The van der Waals surface area contributed by atoms with Crippen LogP contribution in [-0.4, -0.2) is 14.8 Å². The first-order valence-corrected chi connectivity index (χ1v) is 8.21. The van der Waals surface area contributed by atoms with Crippen molar-refractivity contribution in [1.82, 2.24) is 0 Å². The summed E-state index contributed by atoms with van der Waals surface area (Å²) in [5, 5.41) is 0. The number of rotatable bonds is 2. The predicted octanol–water partition coefficient (Wildman–Crippen LogP) is 3.19. The summed E-state index contributed by atoms with van der Waals surface area (Å²) >= 11 is 3.50. The van der Waals surface area contributed by atoms with Gasteiger partial charge in [0.25, 0.3) is 10.0 Å². The van der Waals surface area contributed by atoms with Crippen molar-refractivity contribution in [3.05, 3.63) is 58.6 Å². The van der Waals surface area contributed by atoms with Crippen LogP contribution in [0.4, 0.5) is 5.69 Å². The van der Waals surface area contributed by atoms with Gasteiger partial charge >= 0.3 is 0 Å². The molecule has 2 aromatic carbocycles. The van der Waals surface area contributed by atoms with Gasteiger partial charge in [-0.2, -0.15) is 8.42 Å². The fraction of sp³-hybridized carbons (Fsp3) is 0.0714. The molecule has 0 spiro atoms. The fourth-order valence-corrected chi connectivity index (χ4v) is 3.55. The van der Waals surface area contributed by atoms with Crippen molar-refractivity contribution in [3.8, 4) is 0 Å². The summed E-state index contributed by atoms with van der Waals surface area (Å²) in [6, 6.07) is 14.7. The van der Waals surface area contributed by atoms with E-state index in [1.54, 1.807) is 18.2 Å². The molecule has 0 N–H and O–H groups in total. The second-order valence-electron chi connectivity index (χ2n) is 4.38. The van der Waals surface area contributed by atoms with E-state index in [1.807, 2.05) is 35.2 Å². The third-order valence-electron chi connectivity index (χ3n) is 3.08. The number of fused-ring (bicyclic) bond motifs is 1. The van der Waals surface area contributed by atoms with Gasteiger partial charge in [-0.05, 0) is 23.8 Å². The standard InChI is InChI=1S/C14H11BrN2O2S/c15-12-6-2-1-5-11(12)9-17-10-16-20(18,19)14-8-4-3-7-13(14)17/h1-8,10H,9H2. The third kappa shape index (κ3) is 2.36. The van der Waals surface area contributed by atoms with E-state index in [2.05, 4.69) is 20.3 Å². The van der Waals surface area contributed by atoms with Gasteiger partial charge in [0, 0.05) is 4.47 Å². The van der Waals surface area contributed by atoms with E-state index in [1.165, 1.54) is 6.34 Å². The minimum absolute atomic E-state index is 0.245. The van der Waals surface area contributed by atoms with Crippen molar-refractivity contribution < 1.29 is 8.42 Å². The lowest BCUT2D eigenvalue weighted by atomic mass is 10.2. The van der Waals surface area contributed by atoms with Gasteiger partial charge in [0.1, 0.15) is 11.2 Å². The van der Waals surface area contributed by atoms with Crippen LogP contribution < -0.4 is 4.90 Å². The molecule has 0 atom stereocenters. The highest BCUT2D eigenvalue weighted by Crippen LogP contribution is 2.31. The minimum atomic E-state index is -3.56. The molecule has 0 bridgehead atoms. The van der Waals surface area contributed by atoms with E-state index in [9.17, 15) is 8.42 Å². The summed E-state index contributed by atoms with van der Waals surface area (Å²) in [6.45, 7) is 0.553. The number of anilines is 1. The highest BCUT2D eigenvalue weighted by molar-refractivity contribution is 9.10. The third-order valence-corrected chi connectivity index (χ3v) is 5.12. The fourth-order valence-electron chi connectivity index (χ4n) is 2.09. The Hall–Kier alpha value is -1.66. The molecule has 0 aromatic heterocycles. The maximum Gasteiger partial charge on any atom is 0.285 e. The molecule has 3 rings (SSSR count). The summed E-state index contributed by atoms with van der Waals surface area (Å²) in [6.07, 6.45) is 1.37. The van der Waals surface area contributed by atoms with E-state index in [4.69, 9.17) is 0 Å². The summed E-state index contributed by atoms with van der Waals surface area (Å²) in [7, 11) is -3.56. The number of benzene rings is 2. The van der Waals surface area contributed by atoms with Gasteiger partial charge in [0.05, 0.1) is 12.2 Å². The summed E-state index contributed by atoms with van der Waals surface area (Å²) < 4.78 is 28.5. The molecule has 102 valence electrons. The highest BCUT2D eigenvalue weighted by Gasteiger charge is 2.24. The number of para-hydroxylation sites is 1. The minimum Gasteiger partial charge on any atom is -0.326 e. The molecule has 20 heavy (non-hydrogen) atoms. The van der Waals surface area contributed by atoms with E-state index >= 15 is 0 Å². The topological polar surface area (TPSA) is 49.7 Å². The first kappa shape index (κ1) is 13.3.